The Labute approximate surface area is 112 Å². The lowest BCUT2D eigenvalue weighted by molar-refractivity contribution is -0.325. The number of nitrogens with one attached hydrogen (secondary N) is 1. The average Bonchev–Trinajstić information content (AvgIpc) is 3.13. The Hall–Kier alpha value is -0.330. The van der Waals surface area contributed by atoms with Crippen LogP contribution in [0.2, 0.25) is 0 Å². The first-order chi connectivity index (χ1) is 8.99. The van der Waals surface area contributed by atoms with Crippen LogP contribution < -0.4 is 5.32 Å². The molecule has 1 saturated carbocycles. The minimum atomic E-state index is -4.51. The highest BCUT2D eigenvalue weighted by atomic mass is 19.4. The molecule has 19 heavy (non-hydrogen) atoms. The average molecular weight is 280 g/mol. The van der Waals surface area contributed by atoms with Crippen LogP contribution in [0.15, 0.2) is 0 Å². The van der Waals surface area contributed by atoms with Gasteiger partial charge in [-0.05, 0) is 25.2 Å². The highest BCUT2D eigenvalue weighted by molar-refractivity contribution is 4.94. The minimum absolute atomic E-state index is 0.263. The van der Waals surface area contributed by atoms with Crippen molar-refractivity contribution in [2.24, 2.45) is 5.92 Å². The van der Waals surface area contributed by atoms with Gasteiger partial charge in [0, 0.05) is 31.7 Å². The van der Waals surface area contributed by atoms with Gasteiger partial charge < -0.3 is 5.32 Å². The molecule has 6 heteroatoms. The Morgan fingerprint density at radius 3 is 2.63 bits per heavy atom. The summed E-state index contributed by atoms with van der Waals surface area (Å²) in [5, 5.41) is 3.55. The number of ether oxygens (including phenoxy) is 1. The van der Waals surface area contributed by atoms with Crippen LogP contribution in [0.4, 0.5) is 13.2 Å². The lowest BCUT2D eigenvalue weighted by Gasteiger charge is -2.40. The van der Waals surface area contributed by atoms with E-state index in [1.165, 1.54) is 12.8 Å². The lowest BCUT2D eigenvalue weighted by Crippen LogP contribution is -2.57. The van der Waals surface area contributed by atoms with Gasteiger partial charge in [0.15, 0.2) is 0 Å². The fourth-order valence-corrected chi connectivity index (χ4v) is 2.87. The molecule has 1 aliphatic heterocycles. The third kappa shape index (κ3) is 4.93. The molecule has 2 atom stereocenters. The molecular formula is C13H23F3N2O. The third-order valence-corrected chi connectivity index (χ3v) is 4.02. The smallest absolute Gasteiger partial charge is 0.311 e. The molecule has 2 fully saturated rings. The van der Waals surface area contributed by atoms with E-state index in [2.05, 4.69) is 21.9 Å². The second kappa shape index (κ2) is 6.41. The largest absolute Gasteiger partial charge is 0.522 e. The van der Waals surface area contributed by atoms with E-state index in [1.54, 1.807) is 0 Å². The minimum Gasteiger partial charge on any atom is -0.311 e. The van der Waals surface area contributed by atoms with E-state index in [0.717, 1.165) is 31.8 Å². The Morgan fingerprint density at radius 2 is 2.05 bits per heavy atom. The van der Waals surface area contributed by atoms with Gasteiger partial charge in [-0.3, -0.25) is 9.64 Å². The van der Waals surface area contributed by atoms with E-state index in [4.69, 9.17) is 0 Å². The van der Waals surface area contributed by atoms with E-state index in [0.29, 0.717) is 18.6 Å². The monoisotopic (exact) mass is 280 g/mol. The quantitative estimate of drug-likeness (QED) is 0.808. The molecule has 0 amide bonds. The molecule has 3 nitrogen and oxygen atoms in total. The Kier molecular flexibility index (Phi) is 5.09. The summed E-state index contributed by atoms with van der Waals surface area (Å²) in [4.78, 5) is 2.18. The Bertz CT molecular complexity index is 282. The molecular weight excluding hydrogens is 257 g/mol. The number of nitrogens with zero attached hydrogens (tertiary/aromatic N) is 1. The number of rotatable bonds is 6. The predicted octanol–water partition coefficient (Wildman–Crippen LogP) is 2.38. The van der Waals surface area contributed by atoms with Crippen LogP contribution in [-0.2, 0) is 4.74 Å². The van der Waals surface area contributed by atoms with Crippen molar-refractivity contribution < 1.29 is 17.9 Å². The topological polar surface area (TPSA) is 24.5 Å². The Morgan fingerprint density at radius 1 is 1.32 bits per heavy atom. The summed E-state index contributed by atoms with van der Waals surface area (Å²) in [5.74, 6) is 0.730. The van der Waals surface area contributed by atoms with Gasteiger partial charge in [0.2, 0.25) is 0 Å². The summed E-state index contributed by atoms with van der Waals surface area (Å²) in [6.45, 7) is 3.96. The van der Waals surface area contributed by atoms with Crippen molar-refractivity contribution in [3.63, 3.8) is 0 Å². The third-order valence-electron chi connectivity index (χ3n) is 4.02. The summed E-state index contributed by atoms with van der Waals surface area (Å²) in [6, 6.07) is 0.802. The molecule has 112 valence electrons. The van der Waals surface area contributed by atoms with Crippen molar-refractivity contribution in [3.05, 3.63) is 0 Å². The molecule has 0 aromatic rings. The van der Waals surface area contributed by atoms with Gasteiger partial charge in [-0.25, -0.2) is 0 Å². The van der Waals surface area contributed by atoms with Crippen LogP contribution in [0, 0.1) is 5.92 Å². The van der Waals surface area contributed by atoms with E-state index in [-0.39, 0.29) is 6.61 Å². The first kappa shape index (κ1) is 15.1. The van der Waals surface area contributed by atoms with Crippen LogP contribution in [0.1, 0.15) is 32.6 Å². The number of piperazine rings is 1. The van der Waals surface area contributed by atoms with E-state index in [9.17, 15) is 13.2 Å². The standard InChI is InChI=1S/C13H23F3N2O/c1-2-3-11-8-17-12(10-4-5-10)9-18(11)6-7-19-13(14,15)16/h10-12,17H,2-9H2,1H3. The second-order valence-corrected chi connectivity index (χ2v) is 5.58. The van der Waals surface area contributed by atoms with Crippen molar-refractivity contribution in [1.29, 1.82) is 0 Å². The molecule has 0 bridgehead atoms. The van der Waals surface area contributed by atoms with E-state index in [1.807, 2.05) is 0 Å². The summed E-state index contributed by atoms with van der Waals surface area (Å²) >= 11 is 0. The van der Waals surface area contributed by atoms with Crippen molar-refractivity contribution in [2.75, 3.05) is 26.2 Å². The summed E-state index contributed by atoms with van der Waals surface area (Å²) < 4.78 is 40.0. The van der Waals surface area contributed by atoms with Crippen LogP contribution in [0.25, 0.3) is 0 Å². The molecule has 2 rings (SSSR count). The summed E-state index contributed by atoms with van der Waals surface area (Å²) in [7, 11) is 0. The molecule has 0 spiro atoms. The van der Waals surface area contributed by atoms with Gasteiger partial charge in [0.1, 0.15) is 0 Å². The molecule has 1 heterocycles. The van der Waals surface area contributed by atoms with Crippen LogP contribution in [-0.4, -0.2) is 49.6 Å². The van der Waals surface area contributed by atoms with Gasteiger partial charge in [0.05, 0.1) is 6.61 Å². The van der Waals surface area contributed by atoms with Crippen LogP contribution in [0.5, 0.6) is 0 Å². The predicted molar refractivity (Wildman–Crippen MR) is 66.8 cm³/mol. The zero-order chi connectivity index (χ0) is 13.9. The van der Waals surface area contributed by atoms with Gasteiger partial charge in [0.25, 0.3) is 0 Å². The van der Waals surface area contributed by atoms with Gasteiger partial charge in [-0.15, -0.1) is 13.2 Å². The molecule has 2 aliphatic rings. The molecule has 1 aliphatic carbocycles. The maximum atomic E-state index is 12.0. The van der Waals surface area contributed by atoms with Gasteiger partial charge in [-0.1, -0.05) is 13.3 Å². The fourth-order valence-electron chi connectivity index (χ4n) is 2.87. The highest BCUT2D eigenvalue weighted by Crippen LogP contribution is 2.34. The van der Waals surface area contributed by atoms with Crippen molar-refractivity contribution >= 4 is 0 Å². The molecule has 0 aromatic carbocycles. The van der Waals surface area contributed by atoms with E-state index >= 15 is 0 Å². The van der Waals surface area contributed by atoms with Crippen LogP contribution >= 0.6 is 0 Å². The summed E-state index contributed by atoms with van der Waals surface area (Å²) in [6.07, 6.45) is 0.0731. The van der Waals surface area contributed by atoms with Crippen molar-refractivity contribution in [3.8, 4) is 0 Å². The zero-order valence-electron chi connectivity index (χ0n) is 11.4. The van der Waals surface area contributed by atoms with Crippen LogP contribution in [0.3, 0.4) is 0 Å². The molecule has 1 saturated heterocycles. The van der Waals surface area contributed by atoms with E-state index < -0.39 is 6.36 Å². The lowest BCUT2D eigenvalue weighted by atomic mass is 10.0. The molecule has 0 aromatic heterocycles. The first-order valence-corrected chi connectivity index (χ1v) is 7.17. The normalized spacial score (nSPS) is 29.7. The van der Waals surface area contributed by atoms with Gasteiger partial charge in [-0.2, -0.15) is 0 Å². The van der Waals surface area contributed by atoms with Crippen molar-refractivity contribution in [2.45, 2.75) is 51.1 Å². The SMILES string of the molecule is CCCC1CNC(C2CC2)CN1CCOC(F)(F)F. The molecule has 2 unspecified atom stereocenters. The van der Waals surface area contributed by atoms with Gasteiger partial charge >= 0.3 is 6.36 Å². The Balaban J connectivity index is 1.80. The number of halogens is 3. The number of alkyl halides is 3. The molecule has 0 radical (unpaired) electrons. The number of hydrogen-bond acceptors (Lipinski definition) is 3. The van der Waals surface area contributed by atoms with Crippen molar-refractivity contribution in [1.82, 2.24) is 10.2 Å². The fraction of sp³-hybridized carbons (Fsp3) is 1.00. The number of hydrogen-bond donors (Lipinski definition) is 1. The first-order valence-electron chi connectivity index (χ1n) is 7.17. The summed E-state index contributed by atoms with van der Waals surface area (Å²) in [5.41, 5.74) is 0. The highest BCUT2D eigenvalue weighted by Gasteiger charge is 2.37. The molecule has 1 N–H and O–H groups in total. The maximum Gasteiger partial charge on any atom is 0.522 e. The second-order valence-electron chi connectivity index (χ2n) is 5.58. The zero-order valence-corrected chi connectivity index (χ0v) is 11.4. The maximum absolute atomic E-state index is 12.0.